The van der Waals surface area contributed by atoms with Gasteiger partial charge in [0.05, 0.1) is 0 Å². The van der Waals surface area contributed by atoms with Crippen LogP contribution >= 0.6 is 0 Å². The summed E-state index contributed by atoms with van der Waals surface area (Å²) in [7, 11) is 0. The molecule has 0 radical (unpaired) electrons. The predicted octanol–water partition coefficient (Wildman–Crippen LogP) is 2.84. The normalized spacial score (nSPS) is 15.9. The van der Waals surface area contributed by atoms with Gasteiger partial charge in [-0.1, -0.05) is 43.7 Å². The van der Waals surface area contributed by atoms with Gasteiger partial charge in [-0.2, -0.15) is 0 Å². The molecule has 3 heteroatoms. The van der Waals surface area contributed by atoms with Crippen LogP contribution in [0.3, 0.4) is 0 Å². The van der Waals surface area contributed by atoms with Crippen LogP contribution in [0.5, 0.6) is 0 Å². The van der Waals surface area contributed by atoms with Crippen molar-refractivity contribution >= 4 is 5.97 Å². The monoisotopic (exact) mass is 249 g/mol. The molecular weight excluding hydrogens is 226 g/mol. The van der Waals surface area contributed by atoms with Gasteiger partial charge in [-0.05, 0) is 37.7 Å². The number of rotatable bonds is 7. The van der Waals surface area contributed by atoms with Gasteiger partial charge in [0.1, 0.15) is 5.54 Å². The molecular formula is C15H23NO2. The molecule has 1 rings (SSSR count). The van der Waals surface area contributed by atoms with Crippen molar-refractivity contribution in [2.45, 2.75) is 45.1 Å². The number of benzene rings is 1. The molecule has 18 heavy (non-hydrogen) atoms. The van der Waals surface area contributed by atoms with Crippen LogP contribution in [0, 0.1) is 5.92 Å². The topological polar surface area (TPSA) is 63.3 Å². The van der Waals surface area contributed by atoms with Crippen molar-refractivity contribution in [3.05, 3.63) is 35.9 Å². The number of carboxylic acids is 1. The molecule has 100 valence electrons. The second-order valence-corrected chi connectivity index (χ2v) is 5.41. The van der Waals surface area contributed by atoms with Gasteiger partial charge in [-0.3, -0.25) is 4.79 Å². The van der Waals surface area contributed by atoms with Crippen molar-refractivity contribution < 1.29 is 9.90 Å². The molecule has 0 spiro atoms. The van der Waals surface area contributed by atoms with E-state index >= 15 is 0 Å². The van der Waals surface area contributed by atoms with Gasteiger partial charge in [0.25, 0.3) is 0 Å². The molecule has 3 N–H and O–H groups in total. The lowest BCUT2D eigenvalue weighted by Gasteiger charge is -2.23. The Labute approximate surface area is 109 Å². The fourth-order valence-corrected chi connectivity index (χ4v) is 2.21. The van der Waals surface area contributed by atoms with Crippen LogP contribution < -0.4 is 5.73 Å². The summed E-state index contributed by atoms with van der Waals surface area (Å²) in [4.78, 5) is 10.9. The highest BCUT2D eigenvalue weighted by atomic mass is 16.4. The minimum Gasteiger partial charge on any atom is -0.480 e. The van der Waals surface area contributed by atoms with Crippen LogP contribution in [0.1, 0.15) is 38.7 Å². The molecule has 0 bridgehead atoms. The Balaban J connectivity index is 2.30. The molecule has 1 aromatic rings. The molecule has 2 atom stereocenters. The van der Waals surface area contributed by atoms with E-state index in [1.54, 1.807) is 6.92 Å². The SMILES string of the molecule is CC(CCCc1ccccc1)CC(C)(N)C(=O)O. The van der Waals surface area contributed by atoms with Crippen molar-refractivity contribution in [2.75, 3.05) is 0 Å². The van der Waals surface area contributed by atoms with E-state index in [1.807, 2.05) is 18.2 Å². The fourth-order valence-electron chi connectivity index (χ4n) is 2.21. The summed E-state index contributed by atoms with van der Waals surface area (Å²) in [6.45, 7) is 3.65. The van der Waals surface area contributed by atoms with Gasteiger partial charge >= 0.3 is 5.97 Å². The average Bonchev–Trinajstić information content (AvgIpc) is 2.29. The molecule has 0 saturated carbocycles. The van der Waals surface area contributed by atoms with Crippen molar-refractivity contribution in [1.82, 2.24) is 0 Å². The Morgan fingerprint density at radius 2 is 2.00 bits per heavy atom. The summed E-state index contributed by atoms with van der Waals surface area (Å²) in [5.41, 5.74) is 5.97. The molecule has 0 aromatic heterocycles. The lowest BCUT2D eigenvalue weighted by molar-refractivity contribution is -0.143. The maximum atomic E-state index is 10.9. The Hall–Kier alpha value is -1.35. The van der Waals surface area contributed by atoms with Crippen LogP contribution in [0.2, 0.25) is 0 Å². The summed E-state index contributed by atoms with van der Waals surface area (Å²) in [5, 5.41) is 8.97. The third kappa shape index (κ3) is 4.88. The number of aliphatic carboxylic acids is 1. The van der Waals surface area contributed by atoms with Gasteiger partial charge in [-0.25, -0.2) is 0 Å². The number of hydrogen-bond donors (Lipinski definition) is 2. The summed E-state index contributed by atoms with van der Waals surface area (Å²) in [5.74, 6) is -0.586. The Morgan fingerprint density at radius 3 is 2.56 bits per heavy atom. The van der Waals surface area contributed by atoms with Gasteiger partial charge in [0.2, 0.25) is 0 Å². The van der Waals surface area contributed by atoms with Crippen LogP contribution in [0.4, 0.5) is 0 Å². The predicted molar refractivity (Wildman–Crippen MR) is 73.4 cm³/mol. The zero-order valence-electron chi connectivity index (χ0n) is 11.2. The molecule has 0 heterocycles. The highest BCUT2D eigenvalue weighted by molar-refractivity contribution is 5.77. The van der Waals surface area contributed by atoms with Crippen molar-refractivity contribution in [1.29, 1.82) is 0 Å². The molecule has 0 aliphatic rings. The molecule has 0 aliphatic heterocycles. The first-order valence-electron chi connectivity index (χ1n) is 6.48. The van der Waals surface area contributed by atoms with Crippen molar-refractivity contribution in [3.8, 4) is 0 Å². The minimum atomic E-state index is -1.10. The zero-order chi connectivity index (χ0) is 13.6. The van der Waals surface area contributed by atoms with Crippen molar-refractivity contribution in [3.63, 3.8) is 0 Å². The maximum absolute atomic E-state index is 10.9. The summed E-state index contributed by atoms with van der Waals surface area (Å²) >= 11 is 0. The first kappa shape index (κ1) is 14.7. The number of nitrogens with two attached hydrogens (primary N) is 1. The van der Waals surface area contributed by atoms with Crippen LogP contribution in [0.25, 0.3) is 0 Å². The Kier molecular flexibility index (Phi) is 5.35. The fraction of sp³-hybridized carbons (Fsp3) is 0.533. The molecule has 0 amide bonds. The Morgan fingerprint density at radius 1 is 1.39 bits per heavy atom. The minimum absolute atomic E-state index is 0.333. The van der Waals surface area contributed by atoms with E-state index in [9.17, 15) is 4.79 Å². The summed E-state index contributed by atoms with van der Waals surface area (Å²) < 4.78 is 0. The summed E-state index contributed by atoms with van der Waals surface area (Å²) in [6, 6.07) is 10.3. The third-order valence-corrected chi connectivity index (χ3v) is 3.27. The third-order valence-electron chi connectivity index (χ3n) is 3.27. The van der Waals surface area contributed by atoms with E-state index in [2.05, 4.69) is 19.1 Å². The molecule has 0 fully saturated rings. The number of aryl methyl sites for hydroxylation is 1. The van der Waals surface area contributed by atoms with Gasteiger partial charge in [0, 0.05) is 0 Å². The molecule has 1 aromatic carbocycles. The smallest absolute Gasteiger partial charge is 0.323 e. The second kappa shape index (κ2) is 6.55. The van der Waals surface area contributed by atoms with Crippen LogP contribution in [-0.2, 0) is 11.2 Å². The summed E-state index contributed by atoms with van der Waals surface area (Å²) in [6.07, 6.45) is 3.65. The van der Waals surface area contributed by atoms with E-state index in [4.69, 9.17) is 10.8 Å². The number of carboxylic acid groups (broad SMARTS) is 1. The Bertz CT molecular complexity index is 373. The highest BCUT2D eigenvalue weighted by Crippen LogP contribution is 2.20. The maximum Gasteiger partial charge on any atom is 0.323 e. The number of carbonyl (C=O) groups is 1. The van der Waals surface area contributed by atoms with Gasteiger partial charge < -0.3 is 10.8 Å². The second-order valence-electron chi connectivity index (χ2n) is 5.41. The van der Waals surface area contributed by atoms with Crippen molar-refractivity contribution in [2.24, 2.45) is 11.7 Å². The molecule has 0 aliphatic carbocycles. The highest BCUT2D eigenvalue weighted by Gasteiger charge is 2.29. The van der Waals surface area contributed by atoms with E-state index in [0.717, 1.165) is 19.3 Å². The average molecular weight is 249 g/mol. The first-order valence-corrected chi connectivity index (χ1v) is 6.48. The zero-order valence-corrected chi connectivity index (χ0v) is 11.2. The lowest BCUT2D eigenvalue weighted by atomic mass is 9.87. The van der Waals surface area contributed by atoms with E-state index in [1.165, 1.54) is 5.56 Å². The molecule has 3 nitrogen and oxygen atoms in total. The van der Waals surface area contributed by atoms with E-state index in [0.29, 0.717) is 12.3 Å². The molecule has 2 unspecified atom stereocenters. The van der Waals surface area contributed by atoms with E-state index in [-0.39, 0.29) is 0 Å². The largest absolute Gasteiger partial charge is 0.480 e. The quantitative estimate of drug-likeness (QED) is 0.781. The van der Waals surface area contributed by atoms with E-state index < -0.39 is 11.5 Å². The number of hydrogen-bond acceptors (Lipinski definition) is 2. The van der Waals surface area contributed by atoms with Gasteiger partial charge in [-0.15, -0.1) is 0 Å². The van der Waals surface area contributed by atoms with Gasteiger partial charge in [0.15, 0.2) is 0 Å². The standard InChI is InChI=1S/C15H23NO2/c1-12(11-15(2,16)14(17)18)7-6-10-13-8-4-3-5-9-13/h3-5,8-9,12H,6-7,10-11,16H2,1-2H3,(H,17,18). The first-order chi connectivity index (χ1) is 8.42. The van der Waals surface area contributed by atoms with Crippen LogP contribution in [-0.4, -0.2) is 16.6 Å². The lowest BCUT2D eigenvalue weighted by Crippen LogP contribution is -2.46. The van der Waals surface area contributed by atoms with Crippen LogP contribution in [0.15, 0.2) is 30.3 Å². The molecule has 0 saturated heterocycles.